The Morgan fingerprint density at radius 3 is 2.83 bits per heavy atom. The number of aliphatic carboxylic acids is 1. The molecule has 4 atom stereocenters. The van der Waals surface area contributed by atoms with Crippen LogP contribution in [0.3, 0.4) is 0 Å². The third-order valence-corrected chi connectivity index (χ3v) is 6.78. The Morgan fingerprint density at radius 2 is 2.07 bits per heavy atom. The first-order valence-electron chi connectivity index (χ1n) is 10.7. The van der Waals surface area contributed by atoms with Crippen LogP contribution in [0.2, 0.25) is 0 Å². The summed E-state index contributed by atoms with van der Waals surface area (Å²) in [5.41, 5.74) is 2.00. The highest BCUT2D eigenvalue weighted by molar-refractivity contribution is 5.77. The van der Waals surface area contributed by atoms with Gasteiger partial charge in [0.1, 0.15) is 11.4 Å². The van der Waals surface area contributed by atoms with Gasteiger partial charge in [-0.3, -0.25) is 9.59 Å². The summed E-state index contributed by atoms with van der Waals surface area (Å²) in [7, 11) is 0. The minimum absolute atomic E-state index is 0.0356. The molecule has 0 aromatic heterocycles. The van der Waals surface area contributed by atoms with Crippen LogP contribution in [0, 0.1) is 18.8 Å². The van der Waals surface area contributed by atoms with E-state index in [0.717, 1.165) is 24.2 Å². The van der Waals surface area contributed by atoms with Crippen molar-refractivity contribution in [1.82, 2.24) is 4.90 Å². The van der Waals surface area contributed by atoms with E-state index in [0.29, 0.717) is 31.8 Å². The van der Waals surface area contributed by atoms with E-state index in [1.807, 2.05) is 4.90 Å². The molecule has 0 unspecified atom stereocenters. The highest BCUT2D eigenvalue weighted by Gasteiger charge is 2.51. The van der Waals surface area contributed by atoms with E-state index >= 15 is 0 Å². The second-order valence-corrected chi connectivity index (χ2v) is 9.32. The van der Waals surface area contributed by atoms with Gasteiger partial charge in [-0.05, 0) is 51.7 Å². The van der Waals surface area contributed by atoms with Crippen LogP contribution < -0.4 is 4.74 Å². The van der Waals surface area contributed by atoms with Crippen LogP contribution >= 0.6 is 0 Å². The smallest absolute Gasteiger partial charge is 0.303 e. The molecule has 0 aliphatic carbocycles. The summed E-state index contributed by atoms with van der Waals surface area (Å²) in [6.07, 6.45) is 2.74. The van der Waals surface area contributed by atoms with E-state index in [-0.39, 0.29) is 36.1 Å². The van der Waals surface area contributed by atoms with Crippen molar-refractivity contribution in [2.75, 3.05) is 13.1 Å². The van der Waals surface area contributed by atoms with Gasteiger partial charge >= 0.3 is 5.97 Å². The summed E-state index contributed by atoms with van der Waals surface area (Å²) in [5, 5.41) is 8.78. The van der Waals surface area contributed by atoms with Crippen LogP contribution in [0.1, 0.15) is 63.2 Å². The van der Waals surface area contributed by atoms with Gasteiger partial charge in [-0.2, -0.15) is 0 Å². The van der Waals surface area contributed by atoms with Crippen LogP contribution in [0.4, 0.5) is 0 Å². The summed E-state index contributed by atoms with van der Waals surface area (Å²) in [6.45, 7) is 7.72. The molecule has 4 rings (SSSR count). The van der Waals surface area contributed by atoms with Crippen molar-refractivity contribution in [1.29, 1.82) is 0 Å². The molecule has 1 amide bonds. The molecule has 3 aliphatic heterocycles. The predicted molar refractivity (Wildman–Crippen MR) is 108 cm³/mol. The average molecular weight is 402 g/mol. The third-order valence-electron chi connectivity index (χ3n) is 6.78. The van der Waals surface area contributed by atoms with Crippen molar-refractivity contribution in [2.45, 2.75) is 70.7 Å². The number of carboxylic acids is 1. The minimum atomic E-state index is -0.849. The highest BCUT2D eigenvalue weighted by atomic mass is 16.5. The first-order valence-corrected chi connectivity index (χ1v) is 10.7. The van der Waals surface area contributed by atoms with Crippen LogP contribution in [0.15, 0.2) is 18.2 Å². The van der Waals surface area contributed by atoms with Crippen molar-refractivity contribution < 1.29 is 24.2 Å². The lowest BCUT2D eigenvalue weighted by Crippen LogP contribution is -2.56. The molecule has 0 radical (unpaired) electrons. The molecule has 0 saturated carbocycles. The van der Waals surface area contributed by atoms with Gasteiger partial charge in [-0.25, -0.2) is 0 Å². The van der Waals surface area contributed by atoms with E-state index < -0.39 is 5.97 Å². The normalized spacial score (nSPS) is 29.8. The first-order chi connectivity index (χ1) is 13.7. The topological polar surface area (TPSA) is 76.1 Å². The summed E-state index contributed by atoms with van der Waals surface area (Å²) in [4.78, 5) is 25.1. The van der Waals surface area contributed by atoms with Gasteiger partial charge in [-0.1, -0.05) is 12.1 Å². The lowest BCUT2D eigenvalue weighted by Gasteiger charge is -2.53. The van der Waals surface area contributed by atoms with Crippen molar-refractivity contribution in [3.8, 4) is 5.75 Å². The fourth-order valence-electron chi connectivity index (χ4n) is 5.19. The molecule has 0 spiro atoms. The zero-order valence-electron chi connectivity index (χ0n) is 17.5. The Balaban J connectivity index is 1.46. The predicted octanol–water partition coefficient (Wildman–Crippen LogP) is 3.72. The molecule has 29 heavy (non-hydrogen) atoms. The van der Waals surface area contributed by atoms with Gasteiger partial charge < -0.3 is 19.5 Å². The Morgan fingerprint density at radius 1 is 1.28 bits per heavy atom. The average Bonchev–Trinajstić information content (AvgIpc) is 2.65. The number of ether oxygens (including phenoxy) is 2. The van der Waals surface area contributed by atoms with E-state index in [1.54, 1.807) is 0 Å². The molecule has 2 saturated heterocycles. The molecule has 2 fully saturated rings. The summed E-state index contributed by atoms with van der Waals surface area (Å²) in [5.74, 6) is 0.676. The molecular formula is C23H31NO5. The SMILES string of the molecule is Cc1ccc2c(c1)OC(C)(C)[C@@H]1C[C@H]3CN(C(=O)CCCC(=O)O)CC[C@H]3O[C@@H]21. The zero-order chi connectivity index (χ0) is 20.8. The minimum Gasteiger partial charge on any atom is -0.487 e. The molecule has 1 N–H and O–H groups in total. The first kappa shape index (κ1) is 20.2. The van der Waals surface area contributed by atoms with Gasteiger partial charge in [0.25, 0.3) is 0 Å². The number of hydrogen-bond acceptors (Lipinski definition) is 4. The fraction of sp³-hybridized carbons (Fsp3) is 0.652. The molecule has 3 aliphatic rings. The number of amides is 1. The standard InChI is InChI=1S/C23H31NO5/c1-14-7-8-16-19(11-14)29-23(2,3)17-12-15-13-24(10-9-18(15)28-22(16)17)20(25)5-4-6-21(26)27/h7-8,11,15,17-18,22H,4-6,9-10,12-13H2,1-3H3,(H,26,27)/t15-,17+,18+,22-/m0/s1. The molecule has 1 aromatic carbocycles. The maximum atomic E-state index is 12.5. The molecule has 0 bridgehead atoms. The van der Waals surface area contributed by atoms with Crippen molar-refractivity contribution >= 4 is 11.9 Å². The Bertz CT molecular complexity index is 804. The zero-order valence-corrected chi connectivity index (χ0v) is 17.5. The number of likely N-dealkylation sites (tertiary alicyclic amines) is 1. The number of hydrogen-bond donors (Lipinski definition) is 1. The summed E-state index contributed by atoms with van der Waals surface area (Å²) < 4.78 is 13.0. The van der Waals surface area contributed by atoms with Gasteiger partial charge in [0.05, 0.1) is 12.2 Å². The summed E-state index contributed by atoms with van der Waals surface area (Å²) >= 11 is 0. The monoisotopic (exact) mass is 401 g/mol. The maximum absolute atomic E-state index is 12.5. The molecule has 6 heteroatoms. The number of benzene rings is 1. The quantitative estimate of drug-likeness (QED) is 0.832. The van der Waals surface area contributed by atoms with Crippen molar-refractivity contribution in [3.05, 3.63) is 29.3 Å². The summed E-state index contributed by atoms with van der Waals surface area (Å²) in [6, 6.07) is 6.35. The van der Waals surface area contributed by atoms with E-state index in [9.17, 15) is 9.59 Å². The molecule has 6 nitrogen and oxygen atoms in total. The Kier molecular flexibility index (Phi) is 5.32. The van der Waals surface area contributed by atoms with Gasteiger partial charge in [0.2, 0.25) is 5.91 Å². The van der Waals surface area contributed by atoms with Gasteiger partial charge in [0, 0.05) is 43.3 Å². The van der Waals surface area contributed by atoms with Crippen LogP contribution in [0.5, 0.6) is 5.75 Å². The largest absolute Gasteiger partial charge is 0.487 e. The van der Waals surface area contributed by atoms with Crippen LogP contribution in [-0.2, 0) is 14.3 Å². The van der Waals surface area contributed by atoms with E-state index in [1.165, 1.54) is 5.56 Å². The number of fused-ring (bicyclic) bond motifs is 4. The van der Waals surface area contributed by atoms with E-state index in [4.69, 9.17) is 14.6 Å². The number of carbonyl (C=O) groups excluding carboxylic acids is 1. The number of rotatable bonds is 4. The lowest BCUT2D eigenvalue weighted by molar-refractivity contribution is -0.188. The number of aryl methyl sites for hydroxylation is 1. The van der Waals surface area contributed by atoms with Crippen LogP contribution in [-0.4, -0.2) is 46.7 Å². The lowest BCUT2D eigenvalue weighted by atomic mass is 9.70. The van der Waals surface area contributed by atoms with Crippen molar-refractivity contribution in [3.63, 3.8) is 0 Å². The second kappa shape index (κ2) is 7.63. The fourth-order valence-corrected chi connectivity index (χ4v) is 5.19. The maximum Gasteiger partial charge on any atom is 0.303 e. The number of nitrogens with zero attached hydrogens (tertiary/aromatic N) is 1. The number of carbonyl (C=O) groups is 2. The van der Waals surface area contributed by atoms with Gasteiger partial charge in [-0.15, -0.1) is 0 Å². The Hall–Kier alpha value is -2.08. The van der Waals surface area contributed by atoms with Crippen molar-refractivity contribution in [2.24, 2.45) is 11.8 Å². The second-order valence-electron chi connectivity index (χ2n) is 9.32. The Labute approximate surface area is 172 Å². The molecular weight excluding hydrogens is 370 g/mol. The highest BCUT2D eigenvalue weighted by Crippen LogP contribution is 2.53. The third kappa shape index (κ3) is 4.00. The molecule has 158 valence electrons. The molecule has 3 heterocycles. The number of piperidine rings is 1. The van der Waals surface area contributed by atoms with Gasteiger partial charge in [0.15, 0.2) is 0 Å². The molecule has 1 aromatic rings. The van der Waals surface area contributed by atoms with Crippen LogP contribution in [0.25, 0.3) is 0 Å². The number of carboxylic acid groups (broad SMARTS) is 1. The van der Waals surface area contributed by atoms with E-state index in [2.05, 4.69) is 39.0 Å².